The minimum atomic E-state index is -0.489. The van der Waals surface area contributed by atoms with Crippen molar-refractivity contribution in [3.8, 4) is 0 Å². The number of hydrogen-bond donors (Lipinski definition) is 1. The first kappa shape index (κ1) is 8.23. The van der Waals surface area contributed by atoms with Crippen LogP contribution in [0.3, 0.4) is 0 Å². The number of carbonyl (C=O) groups excluding carboxylic acids is 1. The summed E-state index contributed by atoms with van der Waals surface area (Å²) in [5, 5.41) is 1.04. The molecule has 0 aliphatic carbocycles. The van der Waals surface area contributed by atoms with E-state index in [0.717, 1.165) is 11.4 Å². The van der Waals surface area contributed by atoms with Crippen molar-refractivity contribution in [1.82, 2.24) is 5.01 Å². The zero-order chi connectivity index (χ0) is 7.28. The molecular weight excluding hydrogens is 120 g/mol. The van der Waals surface area contributed by atoms with Crippen molar-refractivity contribution in [3.05, 3.63) is 0 Å². The summed E-state index contributed by atoms with van der Waals surface area (Å²) >= 11 is 0. The number of carbonyl (C=O) groups is 1. The average Bonchev–Trinajstić information content (AvgIpc) is 1.87. The van der Waals surface area contributed by atoms with Gasteiger partial charge in [0.15, 0.2) is 0 Å². The Bertz CT molecular complexity index is 95.0. The van der Waals surface area contributed by atoms with Gasteiger partial charge in [0.05, 0.1) is 7.11 Å². The third-order valence-corrected chi connectivity index (χ3v) is 0.874. The molecular formula is C5H12N2O2. The van der Waals surface area contributed by atoms with E-state index in [1.54, 1.807) is 0 Å². The van der Waals surface area contributed by atoms with E-state index in [-0.39, 0.29) is 0 Å². The van der Waals surface area contributed by atoms with Crippen LogP contribution in [0.25, 0.3) is 0 Å². The molecule has 0 bridgehead atoms. The Morgan fingerprint density at radius 3 is 2.67 bits per heavy atom. The lowest BCUT2D eigenvalue weighted by molar-refractivity contribution is 0.124. The van der Waals surface area contributed by atoms with Crippen LogP contribution in [0.15, 0.2) is 0 Å². The first-order valence-electron chi connectivity index (χ1n) is 2.82. The molecule has 0 spiro atoms. The number of amides is 1. The second-order valence-corrected chi connectivity index (χ2v) is 1.66. The molecule has 4 nitrogen and oxygen atoms in total. The molecule has 1 amide bonds. The summed E-state index contributed by atoms with van der Waals surface area (Å²) in [6, 6.07) is 0. The molecule has 0 aliphatic heterocycles. The molecule has 0 unspecified atom stereocenters. The maximum atomic E-state index is 10.5. The van der Waals surface area contributed by atoms with Gasteiger partial charge in [0.2, 0.25) is 0 Å². The number of hydrogen-bond acceptors (Lipinski definition) is 3. The van der Waals surface area contributed by atoms with E-state index in [0.29, 0.717) is 6.54 Å². The Hall–Kier alpha value is -0.770. The van der Waals surface area contributed by atoms with Crippen LogP contribution in [0.4, 0.5) is 4.79 Å². The van der Waals surface area contributed by atoms with Gasteiger partial charge in [-0.2, -0.15) is 0 Å². The molecule has 0 aromatic carbocycles. The number of methoxy groups -OCH3 is 1. The molecule has 9 heavy (non-hydrogen) atoms. The highest BCUT2D eigenvalue weighted by atomic mass is 16.5. The first-order chi connectivity index (χ1) is 4.22. The second kappa shape index (κ2) is 4.14. The van der Waals surface area contributed by atoms with Crippen LogP contribution in [0, 0.1) is 0 Å². The minimum absolute atomic E-state index is 0.489. The molecule has 0 saturated carbocycles. The number of rotatable bonds is 2. The van der Waals surface area contributed by atoms with Gasteiger partial charge in [0, 0.05) is 6.54 Å². The molecule has 2 N–H and O–H groups in total. The van der Waals surface area contributed by atoms with E-state index >= 15 is 0 Å². The Labute approximate surface area is 54.5 Å². The smallest absolute Gasteiger partial charge is 0.423 e. The zero-order valence-electron chi connectivity index (χ0n) is 5.76. The number of ether oxygens (including phenoxy) is 1. The molecule has 0 saturated heterocycles. The number of nitrogens with zero attached hydrogens (tertiary/aromatic N) is 1. The fourth-order valence-electron chi connectivity index (χ4n) is 0.449. The van der Waals surface area contributed by atoms with Crippen molar-refractivity contribution in [1.29, 1.82) is 0 Å². The number of nitrogens with two attached hydrogens (primary N) is 1. The van der Waals surface area contributed by atoms with Crippen molar-refractivity contribution in [2.75, 3.05) is 13.7 Å². The van der Waals surface area contributed by atoms with Gasteiger partial charge in [-0.25, -0.2) is 15.6 Å². The van der Waals surface area contributed by atoms with Crippen LogP contribution >= 0.6 is 0 Å². The van der Waals surface area contributed by atoms with E-state index in [4.69, 9.17) is 5.84 Å². The Balaban J connectivity index is 3.45. The molecule has 0 radical (unpaired) electrons. The quantitative estimate of drug-likeness (QED) is 0.335. The number of hydrazine groups is 1. The standard InChI is InChI=1S/C5H12N2O2/c1-3-4-7(6)5(8)9-2/h3-4,6H2,1-2H3. The van der Waals surface area contributed by atoms with Gasteiger partial charge in [0.25, 0.3) is 0 Å². The van der Waals surface area contributed by atoms with Crippen LogP contribution in [-0.2, 0) is 4.74 Å². The van der Waals surface area contributed by atoms with Gasteiger partial charge < -0.3 is 4.74 Å². The highest BCUT2D eigenvalue weighted by molar-refractivity contribution is 5.66. The van der Waals surface area contributed by atoms with E-state index in [1.165, 1.54) is 7.11 Å². The maximum absolute atomic E-state index is 10.5. The molecule has 0 heterocycles. The SMILES string of the molecule is CCCN(N)C(=O)OC. The highest BCUT2D eigenvalue weighted by Crippen LogP contribution is 1.85. The molecule has 0 rings (SSSR count). The topological polar surface area (TPSA) is 55.6 Å². The summed E-state index contributed by atoms with van der Waals surface area (Å²) in [6.07, 6.45) is 0.350. The van der Waals surface area contributed by atoms with Gasteiger partial charge in [-0.15, -0.1) is 0 Å². The van der Waals surface area contributed by atoms with Crippen LogP contribution in [0.2, 0.25) is 0 Å². The van der Waals surface area contributed by atoms with Crippen molar-refractivity contribution < 1.29 is 9.53 Å². The zero-order valence-corrected chi connectivity index (χ0v) is 5.76. The normalized spacial score (nSPS) is 8.78. The average molecular weight is 132 g/mol. The van der Waals surface area contributed by atoms with Gasteiger partial charge in [-0.1, -0.05) is 6.92 Å². The first-order valence-corrected chi connectivity index (χ1v) is 2.82. The van der Waals surface area contributed by atoms with Gasteiger partial charge in [-0.3, -0.25) is 0 Å². The lowest BCUT2D eigenvalue weighted by Crippen LogP contribution is -2.37. The summed E-state index contributed by atoms with van der Waals surface area (Å²) in [5.41, 5.74) is 0. The maximum Gasteiger partial charge on any atom is 0.423 e. The van der Waals surface area contributed by atoms with E-state index in [2.05, 4.69) is 4.74 Å². The Morgan fingerprint density at radius 1 is 1.78 bits per heavy atom. The van der Waals surface area contributed by atoms with E-state index in [9.17, 15) is 4.79 Å². The summed E-state index contributed by atoms with van der Waals surface area (Å²) < 4.78 is 4.33. The lowest BCUT2D eigenvalue weighted by atomic mass is 10.5. The molecule has 0 aromatic rings. The van der Waals surface area contributed by atoms with E-state index < -0.39 is 6.09 Å². The van der Waals surface area contributed by atoms with Crippen LogP contribution < -0.4 is 5.84 Å². The molecule has 54 valence electrons. The summed E-state index contributed by atoms with van der Waals surface area (Å²) in [7, 11) is 1.30. The minimum Gasteiger partial charge on any atom is -0.452 e. The predicted molar refractivity (Wildman–Crippen MR) is 33.6 cm³/mol. The third kappa shape index (κ3) is 2.92. The van der Waals surface area contributed by atoms with Crippen molar-refractivity contribution in [2.45, 2.75) is 13.3 Å². The van der Waals surface area contributed by atoms with Crippen molar-refractivity contribution >= 4 is 6.09 Å². The highest BCUT2D eigenvalue weighted by Gasteiger charge is 2.04. The predicted octanol–water partition coefficient (Wildman–Crippen LogP) is 0.339. The summed E-state index contributed by atoms with van der Waals surface area (Å²) in [6.45, 7) is 2.47. The fraction of sp³-hybridized carbons (Fsp3) is 0.800. The largest absolute Gasteiger partial charge is 0.452 e. The molecule has 0 aliphatic rings. The molecule has 4 heteroatoms. The fourth-order valence-corrected chi connectivity index (χ4v) is 0.449. The van der Waals surface area contributed by atoms with Crippen molar-refractivity contribution in [3.63, 3.8) is 0 Å². The monoisotopic (exact) mass is 132 g/mol. The summed E-state index contributed by atoms with van der Waals surface area (Å²) in [5.74, 6) is 5.20. The van der Waals surface area contributed by atoms with Crippen LogP contribution in [0.5, 0.6) is 0 Å². The third-order valence-electron chi connectivity index (χ3n) is 0.874. The molecule has 0 aromatic heterocycles. The van der Waals surface area contributed by atoms with Gasteiger partial charge in [-0.05, 0) is 6.42 Å². The molecule has 0 atom stereocenters. The van der Waals surface area contributed by atoms with E-state index in [1.807, 2.05) is 6.92 Å². The lowest BCUT2D eigenvalue weighted by Gasteiger charge is -2.12. The molecule has 0 fully saturated rings. The van der Waals surface area contributed by atoms with Crippen LogP contribution in [0.1, 0.15) is 13.3 Å². The van der Waals surface area contributed by atoms with Gasteiger partial charge >= 0.3 is 6.09 Å². The van der Waals surface area contributed by atoms with Crippen molar-refractivity contribution in [2.24, 2.45) is 5.84 Å². The second-order valence-electron chi connectivity index (χ2n) is 1.66. The van der Waals surface area contributed by atoms with Crippen LogP contribution in [-0.4, -0.2) is 24.8 Å². The Morgan fingerprint density at radius 2 is 2.33 bits per heavy atom. The summed E-state index contributed by atoms with van der Waals surface area (Å²) in [4.78, 5) is 10.5. The Kier molecular flexibility index (Phi) is 3.79. The van der Waals surface area contributed by atoms with Gasteiger partial charge in [0.1, 0.15) is 0 Å².